The maximum Gasteiger partial charge on any atom is 0.241 e. The van der Waals surface area contributed by atoms with Crippen LogP contribution in [0.1, 0.15) is 30.9 Å². The van der Waals surface area contributed by atoms with Crippen LogP contribution in [0.3, 0.4) is 0 Å². The van der Waals surface area contributed by atoms with Crippen molar-refractivity contribution >= 4 is 11.6 Å². The number of anilines is 1. The number of rotatable bonds is 3. The summed E-state index contributed by atoms with van der Waals surface area (Å²) in [6.45, 7) is 2.50. The fourth-order valence-electron chi connectivity index (χ4n) is 6.33. The minimum atomic E-state index is -1.99. The molecule has 0 aromatic heterocycles. The number of benzene rings is 2. The number of para-hydroxylation sites is 1. The van der Waals surface area contributed by atoms with Gasteiger partial charge in [-0.2, -0.15) is 15.8 Å². The molecular formula is C29H25N5O. The van der Waals surface area contributed by atoms with E-state index in [4.69, 9.17) is 5.73 Å². The number of carbonyl (C=O) groups excluding carboxylic acids is 1. The van der Waals surface area contributed by atoms with Gasteiger partial charge in [-0.3, -0.25) is 4.79 Å². The van der Waals surface area contributed by atoms with Crippen molar-refractivity contribution in [2.75, 3.05) is 11.4 Å². The first kappa shape index (κ1) is 22.5. The van der Waals surface area contributed by atoms with Crippen LogP contribution >= 0.6 is 0 Å². The molecule has 2 N–H and O–H groups in total. The van der Waals surface area contributed by atoms with Crippen molar-refractivity contribution in [3.8, 4) is 18.2 Å². The predicted molar refractivity (Wildman–Crippen MR) is 131 cm³/mol. The number of amides is 1. The lowest BCUT2D eigenvalue weighted by Crippen LogP contribution is -2.61. The Morgan fingerprint density at radius 1 is 1.06 bits per heavy atom. The summed E-state index contributed by atoms with van der Waals surface area (Å²) in [6.07, 6.45) is 3.94. The van der Waals surface area contributed by atoms with Crippen LogP contribution in [-0.4, -0.2) is 12.5 Å². The maximum absolute atomic E-state index is 14.6. The smallest absolute Gasteiger partial charge is 0.241 e. The Morgan fingerprint density at radius 3 is 2.43 bits per heavy atom. The number of nitrogens with two attached hydrogens (primary N) is 1. The number of nitriles is 3. The summed E-state index contributed by atoms with van der Waals surface area (Å²) in [6, 6.07) is 23.8. The van der Waals surface area contributed by atoms with Crippen LogP contribution in [0.5, 0.6) is 0 Å². The molecule has 0 fully saturated rings. The zero-order valence-electron chi connectivity index (χ0n) is 19.5. The molecule has 6 nitrogen and oxygen atoms in total. The molecule has 2 aromatic carbocycles. The molecule has 0 unspecified atom stereocenters. The molecule has 1 aliphatic heterocycles. The molecule has 2 aliphatic carbocycles. The molecule has 0 bridgehead atoms. The quantitative estimate of drug-likeness (QED) is 0.735. The highest BCUT2D eigenvalue weighted by Gasteiger charge is 2.72. The number of hydrogen-bond acceptors (Lipinski definition) is 5. The lowest BCUT2D eigenvalue weighted by atomic mass is 9.47. The zero-order chi connectivity index (χ0) is 24.8. The number of hydrogen-bond donors (Lipinski definition) is 1. The summed E-state index contributed by atoms with van der Waals surface area (Å²) in [5, 5.41) is 31.1. The Labute approximate surface area is 205 Å². The van der Waals surface area contributed by atoms with Crippen LogP contribution in [0.2, 0.25) is 0 Å². The van der Waals surface area contributed by atoms with Crippen molar-refractivity contribution in [3.63, 3.8) is 0 Å². The average Bonchev–Trinajstić information content (AvgIpc) is 3.14. The summed E-state index contributed by atoms with van der Waals surface area (Å²) >= 11 is 0. The maximum atomic E-state index is 14.6. The molecule has 2 aromatic rings. The fraction of sp³-hybridized carbons (Fsp3) is 0.310. The first-order chi connectivity index (χ1) is 17.0. The molecular weight excluding hydrogens is 434 g/mol. The first-order valence-electron chi connectivity index (χ1n) is 11.8. The van der Waals surface area contributed by atoms with Crippen LogP contribution in [-0.2, 0) is 16.6 Å². The van der Waals surface area contributed by atoms with Gasteiger partial charge in [0.25, 0.3) is 0 Å². The molecule has 35 heavy (non-hydrogen) atoms. The van der Waals surface area contributed by atoms with Crippen molar-refractivity contribution in [2.45, 2.75) is 31.6 Å². The Bertz CT molecular complexity index is 1390. The van der Waals surface area contributed by atoms with Crippen molar-refractivity contribution in [1.29, 1.82) is 15.8 Å². The number of allylic oxidation sites excluding steroid dienone is 4. The van der Waals surface area contributed by atoms with Gasteiger partial charge in [0.15, 0.2) is 0 Å². The molecule has 1 heterocycles. The monoisotopic (exact) mass is 459 g/mol. The van der Waals surface area contributed by atoms with Crippen LogP contribution in [0.25, 0.3) is 0 Å². The van der Waals surface area contributed by atoms with E-state index in [0.717, 1.165) is 12.0 Å². The summed E-state index contributed by atoms with van der Waals surface area (Å²) in [5.41, 5.74) is 6.19. The third-order valence-electron chi connectivity index (χ3n) is 7.95. The Morgan fingerprint density at radius 2 is 1.74 bits per heavy atom. The molecule has 1 spiro atoms. The topological polar surface area (TPSA) is 118 Å². The van der Waals surface area contributed by atoms with E-state index in [1.54, 1.807) is 4.90 Å². The van der Waals surface area contributed by atoms with Crippen molar-refractivity contribution in [3.05, 3.63) is 88.6 Å². The Kier molecular flexibility index (Phi) is 5.23. The third kappa shape index (κ3) is 2.82. The molecule has 0 saturated carbocycles. The van der Waals surface area contributed by atoms with Gasteiger partial charge in [-0.15, -0.1) is 0 Å². The molecule has 1 amide bonds. The van der Waals surface area contributed by atoms with Gasteiger partial charge < -0.3 is 10.6 Å². The molecule has 0 saturated heterocycles. The molecule has 3 aliphatic rings. The molecule has 172 valence electrons. The fourth-order valence-corrected chi connectivity index (χ4v) is 6.33. The second-order valence-electron chi connectivity index (χ2n) is 9.68. The normalized spacial score (nSPS) is 26.3. The lowest BCUT2D eigenvalue weighted by Gasteiger charge is -2.50. The van der Waals surface area contributed by atoms with Crippen molar-refractivity contribution in [1.82, 2.24) is 0 Å². The van der Waals surface area contributed by atoms with Gasteiger partial charge in [-0.1, -0.05) is 61.5 Å². The van der Waals surface area contributed by atoms with Crippen LogP contribution in [0, 0.1) is 51.2 Å². The van der Waals surface area contributed by atoms with Gasteiger partial charge in [0, 0.05) is 18.2 Å². The molecule has 0 radical (unpaired) electrons. The number of carbonyl (C=O) groups is 1. The summed E-state index contributed by atoms with van der Waals surface area (Å²) in [4.78, 5) is 16.3. The van der Waals surface area contributed by atoms with Gasteiger partial charge in [0.1, 0.15) is 11.5 Å². The largest absolute Gasteiger partial charge is 0.399 e. The van der Waals surface area contributed by atoms with E-state index < -0.39 is 16.7 Å². The third-order valence-corrected chi connectivity index (χ3v) is 7.95. The second kappa shape index (κ2) is 8.15. The van der Waals surface area contributed by atoms with E-state index >= 15 is 0 Å². The highest BCUT2D eigenvalue weighted by Crippen LogP contribution is 2.64. The minimum absolute atomic E-state index is 0.116. The van der Waals surface area contributed by atoms with Gasteiger partial charge in [-0.25, -0.2) is 0 Å². The highest BCUT2D eigenvalue weighted by atomic mass is 16.2. The van der Waals surface area contributed by atoms with E-state index in [1.165, 1.54) is 0 Å². The Hall–Kier alpha value is -4.34. The van der Waals surface area contributed by atoms with E-state index in [1.807, 2.05) is 60.7 Å². The summed E-state index contributed by atoms with van der Waals surface area (Å²) in [5.74, 6) is -0.557. The van der Waals surface area contributed by atoms with E-state index in [9.17, 15) is 20.6 Å². The minimum Gasteiger partial charge on any atom is -0.399 e. The summed E-state index contributed by atoms with van der Waals surface area (Å²) < 4.78 is 0. The Balaban J connectivity index is 1.77. The first-order valence-corrected chi connectivity index (χ1v) is 11.8. The van der Waals surface area contributed by atoms with Gasteiger partial charge in [-0.05, 0) is 47.9 Å². The van der Waals surface area contributed by atoms with E-state index in [2.05, 4.69) is 25.1 Å². The van der Waals surface area contributed by atoms with Crippen LogP contribution in [0.4, 0.5) is 5.69 Å². The molecule has 6 heteroatoms. The van der Waals surface area contributed by atoms with Gasteiger partial charge >= 0.3 is 0 Å². The highest BCUT2D eigenvalue weighted by molar-refractivity contribution is 6.11. The zero-order valence-corrected chi connectivity index (χ0v) is 19.5. The second-order valence-corrected chi connectivity index (χ2v) is 9.68. The molecule has 3 atom stereocenters. The van der Waals surface area contributed by atoms with Crippen LogP contribution < -0.4 is 10.6 Å². The average molecular weight is 460 g/mol. The predicted octanol–water partition coefficient (Wildman–Crippen LogP) is 4.27. The van der Waals surface area contributed by atoms with E-state index in [0.29, 0.717) is 36.2 Å². The SMILES string of the molecule is C[C@@H]1CC=C2C(C#N)=C(N)C(C#N)(C#N)[C@]3(C(=O)N(CCc4ccccc4)c4ccccc43)[C@H]2C1. The lowest BCUT2D eigenvalue weighted by molar-refractivity contribution is -0.127. The summed E-state index contributed by atoms with van der Waals surface area (Å²) in [7, 11) is 0. The van der Waals surface area contributed by atoms with Gasteiger partial charge in [0.05, 0.1) is 23.4 Å². The number of nitrogens with zero attached hydrogens (tertiary/aromatic N) is 4. The van der Waals surface area contributed by atoms with E-state index in [-0.39, 0.29) is 23.1 Å². The van der Waals surface area contributed by atoms with Crippen LogP contribution in [0.15, 0.2) is 77.5 Å². The number of fused-ring (bicyclic) bond motifs is 4. The van der Waals surface area contributed by atoms with Crippen molar-refractivity contribution in [2.24, 2.45) is 23.0 Å². The van der Waals surface area contributed by atoms with Crippen molar-refractivity contribution < 1.29 is 4.79 Å². The molecule has 5 rings (SSSR count). The standard InChI is InChI=1S/C29H25N5O/c1-19-11-12-21-22(16-30)26(33)28(17-31,18-32)29(24(21)15-19)23-9-5-6-10-25(23)34(27(29)35)14-13-20-7-3-2-4-8-20/h2-10,12,19,24H,11,13-15,33H2,1H3/t19-,24+,29+/m1/s1. The van der Waals surface area contributed by atoms with Gasteiger partial charge in [0.2, 0.25) is 11.3 Å².